The predicted octanol–water partition coefficient (Wildman–Crippen LogP) is 3.65. The van der Waals surface area contributed by atoms with Crippen LogP contribution in [-0.4, -0.2) is 19.5 Å². The normalized spacial score (nSPS) is 11.4. The molecule has 0 atom stereocenters. The molecular weight excluding hydrogens is 326 g/mol. The second-order valence-corrected chi connectivity index (χ2v) is 7.10. The lowest BCUT2D eigenvalue weighted by molar-refractivity contribution is 0.0696. The summed E-state index contributed by atoms with van der Waals surface area (Å²) in [5, 5.41) is 11.0. The number of fused-ring (bicyclic) bond motifs is 1. The van der Waals surface area contributed by atoms with Crippen molar-refractivity contribution >= 4 is 32.5 Å². The Morgan fingerprint density at radius 1 is 0.958 bits per heavy atom. The second-order valence-electron chi connectivity index (χ2n) is 5.45. The van der Waals surface area contributed by atoms with Crippen LogP contribution in [0.3, 0.4) is 0 Å². The molecule has 0 fully saturated rings. The van der Waals surface area contributed by atoms with Gasteiger partial charge < -0.3 is 5.11 Å². The van der Waals surface area contributed by atoms with E-state index in [0.717, 1.165) is 10.8 Å². The average Bonchev–Trinajstić information content (AvgIpc) is 2.54. The molecule has 122 valence electrons. The predicted molar refractivity (Wildman–Crippen MR) is 92.9 cm³/mol. The first-order chi connectivity index (χ1) is 11.4. The number of aromatic carboxylic acids is 1. The van der Waals surface area contributed by atoms with Crippen LogP contribution in [0.25, 0.3) is 10.8 Å². The van der Waals surface area contributed by atoms with Gasteiger partial charge in [-0.2, -0.15) is 0 Å². The number of anilines is 1. The number of sulfonamides is 1. The first kappa shape index (κ1) is 16.0. The third-order valence-electron chi connectivity index (χ3n) is 3.73. The second kappa shape index (κ2) is 5.98. The van der Waals surface area contributed by atoms with E-state index in [1.54, 1.807) is 19.1 Å². The van der Waals surface area contributed by atoms with Crippen LogP contribution in [0.4, 0.5) is 5.69 Å². The van der Waals surface area contributed by atoms with Gasteiger partial charge in [0.05, 0.1) is 10.5 Å². The number of carboxylic acid groups (broad SMARTS) is 1. The van der Waals surface area contributed by atoms with Crippen molar-refractivity contribution in [1.82, 2.24) is 0 Å². The number of hydrogen-bond acceptors (Lipinski definition) is 3. The number of carboxylic acids is 1. The highest BCUT2D eigenvalue weighted by Crippen LogP contribution is 2.24. The summed E-state index contributed by atoms with van der Waals surface area (Å²) in [6, 6.07) is 16.9. The molecule has 0 radical (unpaired) electrons. The molecule has 0 amide bonds. The molecule has 0 unspecified atom stereocenters. The van der Waals surface area contributed by atoms with Crippen molar-refractivity contribution < 1.29 is 18.3 Å². The average molecular weight is 341 g/mol. The lowest BCUT2D eigenvalue weighted by Crippen LogP contribution is -2.15. The van der Waals surface area contributed by atoms with Crippen LogP contribution in [-0.2, 0) is 10.0 Å². The van der Waals surface area contributed by atoms with Gasteiger partial charge in [0.2, 0.25) is 0 Å². The number of rotatable bonds is 4. The molecule has 5 nitrogen and oxygen atoms in total. The zero-order valence-electron chi connectivity index (χ0n) is 12.9. The van der Waals surface area contributed by atoms with Crippen LogP contribution in [0.1, 0.15) is 15.9 Å². The van der Waals surface area contributed by atoms with E-state index in [1.165, 1.54) is 18.2 Å². The van der Waals surface area contributed by atoms with Crippen molar-refractivity contribution in [2.45, 2.75) is 11.8 Å². The molecule has 0 aromatic heterocycles. The largest absolute Gasteiger partial charge is 0.478 e. The minimum atomic E-state index is -3.88. The molecule has 3 aromatic rings. The van der Waals surface area contributed by atoms with Gasteiger partial charge in [-0.05, 0) is 47.5 Å². The molecule has 3 rings (SSSR count). The quantitative estimate of drug-likeness (QED) is 0.759. The Kier molecular flexibility index (Phi) is 3.99. The Bertz CT molecular complexity index is 1040. The summed E-state index contributed by atoms with van der Waals surface area (Å²) in [4.78, 5) is 11.0. The summed E-state index contributed by atoms with van der Waals surface area (Å²) in [5.41, 5.74) is 0.835. The molecule has 0 heterocycles. The van der Waals surface area contributed by atoms with Gasteiger partial charge in [0.25, 0.3) is 10.0 Å². The third-order valence-corrected chi connectivity index (χ3v) is 5.25. The molecule has 6 heteroatoms. The van der Waals surface area contributed by atoms with Crippen LogP contribution in [0.2, 0.25) is 0 Å². The molecule has 24 heavy (non-hydrogen) atoms. The van der Waals surface area contributed by atoms with E-state index in [9.17, 15) is 13.2 Å². The van der Waals surface area contributed by atoms with Crippen molar-refractivity contribution in [3.63, 3.8) is 0 Å². The molecule has 0 spiro atoms. The highest BCUT2D eigenvalue weighted by molar-refractivity contribution is 7.92. The van der Waals surface area contributed by atoms with Crippen LogP contribution in [0.5, 0.6) is 0 Å². The lowest BCUT2D eigenvalue weighted by atomic mass is 10.1. The van der Waals surface area contributed by atoms with Crippen molar-refractivity contribution in [3.05, 3.63) is 71.8 Å². The maximum atomic E-state index is 12.6. The standard InChI is InChI=1S/C18H15NO4S/c1-12-6-7-15(18(20)21)11-17(12)24(22,23)19-16-9-8-13-4-2-3-5-14(13)10-16/h2-11,19H,1H3,(H,20,21). The minimum Gasteiger partial charge on any atom is -0.478 e. The molecular formula is C18H15NO4S. The molecule has 0 saturated carbocycles. The first-order valence-corrected chi connectivity index (χ1v) is 8.71. The van der Waals surface area contributed by atoms with E-state index in [4.69, 9.17) is 5.11 Å². The monoisotopic (exact) mass is 341 g/mol. The Morgan fingerprint density at radius 3 is 2.38 bits per heavy atom. The lowest BCUT2D eigenvalue weighted by Gasteiger charge is -2.12. The Balaban J connectivity index is 2.01. The van der Waals surface area contributed by atoms with Gasteiger partial charge in [0.1, 0.15) is 0 Å². The molecule has 0 aliphatic carbocycles. The summed E-state index contributed by atoms with van der Waals surface area (Å²) in [7, 11) is -3.88. The van der Waals surface area contributed by atoms with Crippen LogP contribution >= 0.6 is 0 Å². The fourth-order valence-corrected chi connectivity index (χ4v) is 3.81. The Hall–Kier alpha value is -2.86. The van der Waals surface area contributed by atoms with E-state index in [0.29, 0.717) is 11.3 Å². The fraction of sp³-hybridized carbons (Fsp3) is 0.0556. The maximum absolute atomic E-state index is 12.6. The van der Waals surface area contributed by atoms with Gasteiger partial charge in [-0.15, -0.1) is 0 Å². The molecule has 0 bridgehead atoms. The first-order valence-electron chi connectivity index (χ1n) is 7.22. The molecule has 0 aliphatic rings. The van der Waals surface area contributed by atoms with Gasteiger partial charge in [-0.1, -0.05) is 36.4 Å². The fourth-order valence-electron chi connectivity index (χ4n) is 2.49. The number of carbonyl (C=O) groups is 1. The van der Waals surface area contributed by atoms with Gasteiger partial charge in [0.15, 0.2) is 0 Å². The van der Waals surface area contributed by atoms with Crippen molar-refractivity contribution in [1.29, 1.82) is 0 Å². The Labute approximate surface area is 139 Å². The summed E-state index contributed by atoms with van der Waals surface area (Å²) < 4.78 is 27.8. The van der Waals surface area contributed by atoms with Gasteiger partial charge >= 0.3 is 5.97 Å². The van der Waals surface area contributed by atoms with Crippen LogP contribution in [0, 0.1) is 6.92 Å². The SMILES string of the molecule is Cc1ccc(C(=O)O)cc1S(=O)(=O)Nc1ccc2ccccc2c1. The van der Waals surface area contributed by atoms with E-state index in [2.05, 4.69) is 4.72 Å². The number of aryl methyl sites for hydroxylation is 1. The smallest absolute Gasteiger partial charge is 0.335 e. The van der Waals surface area contributed by atoms with Gasteiger partial charge in [-0.25, -0.2) is 13.2 Å². The highest BCUT2D eigenvalue weighted by atomic mass is 32.2. The van der Waals surface area contributed by atoms with Crippen LogP contribution in [0.15, 0.2) is 65.6 Å². The van der Waals surface area contributed by atoms with Crippen molar-refractivity contribution in [3.8, 4) is 0 Å². The number of hydrogen-bond donors (Lipinski definition) is 2. The van der Waals surface area contributed by atoms with E-state index in [-0.39, 0.29) is 10.5 Å². The zero-order valence-corrected chi connectivity index (χ0v) is 13.7. The van der Waals surface area contributed by atoms with Crippen molar-refractivity contribution in [2.75, 3.05) is 4.72 Å². The summed E-state index contributed by atoms with van der Waals surface area (Å²) in [6.07, 6.45) is 0. The molecule has 2 N–H and O–H groups in total. The number of nitrogens with one attached hydrogen (secondary N) is 1. The topological polar surface area (TPSA) is 83.5 Å². The van der Waals surface area contributed by atoms with E-state index in [1.807, 2.05) is 30.3 Å². The van der Waals surface area contributed by atoms with E-state index >= 15 is 0 Å². The summed E-state index contributed by atoms with van der Waals surface area (Å²) in [5.74, 6) is -1.17. The van der Waals surface area contributed by atoms with E-state index < -0.39 is 16.0 Å². The summed E-state index contributed by atoms with van der Waals surface area (Å²) >= 11 is 0. The third kappa shape index (κ3) is 3.09. The molecule has 3 aromatic carbocycles. The maximum Gasteiger partial charge on any atom is 0.335 e. The van der Waals surface area contributed by atoms with Gasteiger partial charge in [0, 0.05) is 5.69 Å². The summed E-state index contributed by atoms with van der Waals surface area (Å²) in [6.45, 7) is 1.63. The van der Waals surface area contributed by atoms with Crippen molar-refractivity contribution in [2.24, 2.45) is 0 Å². The van der Waals surface area contributed by atoms with Gasteiger partial charge in [-0.3, -0.25) is 4.72 Å². The minimum absolute atomic E-state index is 0.0458. The van der Waals surface area contributed by atoms with Crippen LogP contribution < -0.4 is 4.72 Å². The zero-order chi connectivity index (χ0) is 17.3. The Morgan fingerprint density at radius 2 is 1.67 bits per heavy atom. The number of benzene rings is 3. The molecule has 0 saturated heterocycles. The molecule has 0 aliphatic heterocycles. The highest BCUT2D eigenvalue weighted by Gasteiger charge is 2.19.